The van der Waals surface area contributed by atoms with Crippen LogP contribution in [-0.2, 0) is 18.9 Å². The number of aryl methyl sites for hydroxylation is 2. The molecule has 1 aromatic heterocycles. The summed E-state index contributed by atoms with van der Waals surface area (Å²) in [6, 6.07) is 6.28. The van der Waals surface area contributed by atoms with Gasteiger partial charge in [0.25, 0.3) is 0 Å². The third-order valence-corrected chi connectivity index (χ3v) is 5.69. The minimum atomic E-state index is -0.165. The molecule has 0 aliphatic rings. The Morgan fingerprint density at radius 1 is 1.19 bits per heavy atom. The Balaban J connectivity index is 2.13. The zero-order valence-corrected chi connectivity index (χ0v) is 20.6. The van der Waals surface area contributed by atoms with Gasteiger partial charge in [-0.15, -0.1) is 0 Å². The van der Waals surface area contributed by atoms with E-state index in [-0.39, 0.29) is 11.5 Å². The molecule has 31 heavy (non-hydrogen) atoms. The van der Waals surface area contributed by atoms with E-state index in [1.54, 1.807) is 14.2 Å². The summed E-state index contributed by atoms with van der Waals surface area (Å²) in [5.74, 6) is 2.29. The third-order valence-electron chi connectivity index (χ3n) is 5.69. The predicted molar refractivity (Wildman–Crippen MR) is 128 cm³/mol. The number of hydrogen-bond acceptors (Lipinski definition) is 4. The van der Waals surface area contributed by atoms with E-state index in [2.05, 4.69) is 63.3 Å². The first-order valence-corrected chi connectivity index (χ1v) is 10.9. The van der Waals surface area contributed by atoms with Crippen LogP contribution in [0.4, 0.5) is 0 Å². The lowest BCUT2D eigenvalue weighted by molar-refractivity contribution is 0.353. The van der Waals surface area contributed by atoms with Gasteiger partial charge in [0.2, 0.25) is 0 Å². The van der Waals surface area contributed by atoms with Gasteiger partial charge in [-0.1, -0.05) is 19.9 Å². The smallest absolute Gasteiger partial charge is 0.191 e. The van der Waals surface area contributed by atoms with Crippen molar-refractivity contribution in [2.75, 3.05) is 27.3 Å². The largest absolute Gasteiger partial charge is 0.493 e. The molecule has 0 radical (unpaired) electrons. The maximum atomic E-state index is 5.47. The number of nitrogens with zero attached hydrogens (tertiary/aromatic N) is 3. The van der Waals surface area contributed by atoms with Crippen LogP contribution in [-0.4, -0.2) is 49.1 Å². The third kappa shape index (κ3) is 6.15. The number of guanidine groups is 1. The van der Waals surface area contributed by atoms with E-state index >= 15 is 0 Å². The lowest BCUT2D eigenvalue weighted by Gasteiger charge is -2.25. The SMILES string of the molecule is CCNC(=NCC(C)(C)c1ccc(OC)c(OC)c1)NC(C)Cc1c(C)nn(C)c1C. The molecule has 2 rings (SSSR count). The number of rotatable bonds is 9. The van der Waals surface area contributed by atoms with Crippen LogP contribution in [0.1, 0.15) is 50.2 Å². The summed E-state index contributed by atoms with van der Waals surface area (Å²) in [5.41, 5.74) is 4.58. The number of nitrogens with one attached hydrogen (secondary N) is 2. The van der Waals surface area contributed by atoms with Crippen molar-refractivity contribution in [1.29, 1.82) is 0 Å². The first-order valence-electron chi connectivity index (χ1n) is 10.9. The van der Waals surface area contributed by atoms with Gasteiger partial charge in [-0.2, -0.15) is 5.10 Å². The highest BCUT2D eigenvalue weighted by Gasteiger charge is 2.23. The Bertz CT molecular complexity index is 902. The van der Waals surface area contributed by atoms with Gasteiger partial charge in [0.1, 0.15) is 0 Å². The fraction of sp³-hybridized carbons (Fsp3) is 0.583. The number of aliphatic imine (C=N–C) groups is 1. The van der Waals surface area contributed by atoms with Crippen molar-refractivity contribution in [3.8, 4) is 11.5 Å². The van der Waals surface area contributed by atoms with Crippen LogP contribution in [0.3, 0.4) is 0 Å². The van der Waals surface area contributed by atoms with Gasteiger partial charge >= 0.3 is 0 Å². The van der Waals surface area contributed by atoms with Crippen LogP contribution < -0.4 is 20.1 Å². The zero-order valence-electron chi connectivity index (χ0n) is 20.6. The molecule has 2 aromatic rings. The number of aromatic nitrogens is 2. The molecule has 0 amide bonds. The van der Waals surface area contributed by atoms with Crippen LogP contribution in [0.5, 0.6) is 11.5 Å². The number of methoxy groups -OCH3 is 2. The van der Waals surface area contributed by atoms with Crippen molar-refractivity contribution in [2.45, 2.75) is 59.4 Å². The Kier molecular flexibility index (Phi) is 8.36. The number of benzene rings is 1. The molecule has 0 aliphatic heterocycles. The molecule has 7 nitrogen and oxygen atoms in total. The van der Waals surface area contributed by atoms with E-state index in [1.165, 1.54) is 11.3 Å². The lowest BCUT2D eigenvalue weighted by atomic mass is 9.84. The van der Waals surface area contributed by atoms with E-state index < -0.39 is 0 Å². The number of hydrogen-bond donors (Lipinski definition) is 2. The Labute approximate surface area is 187 Å². The van der Waals surface area contributed by atoms with Crippen LogP contribution in [0, 0.1) is 13.8 Å². The maximum absolute atomic E-state index is 5.47. The highest BCUT2D eigenvalue weighted by Crippen LogP contribution is 2.33. The zero-order chi connectivity index (χ0) is 23.2. The Morgan fingerprint density at radius 2 is 1.87 bits per heavy atom. The first kappa shape index (κ1) is 24.6. The standard InChI is InChI=1S/C24H39N5O2/c1-10-25-23(27-16(2)13-20-17(3)28-29(7)18(20)4)26-15-24(5,6)19-11-12-21(30-8)22(14-19)31-9/h11-12,14,16H,10,13,15H2,1-9H3,(H2,25,26,27). The molecule has 2 N–H and O–H groups in total. The van der Waals surface area contributed by atoms with Crippen molar-refractivity contribution in [3.05, 3.63) is 40.7 Å². The van der Waals surface area contributed by atoms with Crippen LogP contribution in [0.15, 0.2) is 23.2 Å². The van der Waals surface area contributed by atoms with Crippen molar-refractivity contribution in [1.82, 2.24) is 20.4 Å². The fourth-order valence-corrected chi connectivity index (χ4v) is 3.65. The maximum Gasteiger partial charge on any atom is 0.191 e. The molecule has 1 heterocycles. The molecule has 1 atom stereocenters. The molecule has 0 bridgehead atoms. The molecule has 7 heteroatoms. The average Bonchev–Trinajstić information content (AvgIpc) is 2.97. The second-order valence-electron chi connectivity index (χ2n) is 8.67. The molecule has 0 aliphatic carbocycles. The fourth-order valence-electron chi connectivity index (χ4n) is 3.65. The van der Waals surface area contributed by atoms with Crippen LogP contribution in [0.2, 0.25) is 0 Å². The van der Waals surface area contributed by atoms with Crippen LogP contribution in [0.25, 0.3) is 0 Å². The summed E-state index contributed by atoms with van der Waals surface area (Å²) in [7, 11) is 5.30. The molecular formula is C24H39N5O2. The first-order chi connectivity index (χ1) is 14.6. The van der Waals surface area contributed by atoms with Gasteiger partial charge in [-0.25, -0.2) is 0 Å². The van der Waals surface area contributed by atoms with Crippen LogP contribution >= 0.6 is 0 Å². The lowest BCUT2D eigenvalue weighted by Crippen LogP contribution is -2.43. The van der Waals surface area contributed by atoms with Gasteiger partial charge in [-0.3, -0.25) is 9.67 Å². The summed E-state index contributed by atoms with van der Waals surface area (Å²) < 4.78 is 12.8. The predicted octanol–water partition coefficient (Wildman–Crippen LogP) is 3.52. The summed E-state index contributed by atoms with van der Waals surface area (Å²) in [4.78, 5) is 4.89. The molecule has 1 unspecified atom stereocenters. The summed E-state index contributed by atoms with van der Waals surface area (Å²) in [6.45, 7) is 14.3. The Hall–Kier alpha value is -2.70. The van der Waals surface area contributed by atoms with Crippen molar-refractivity contribution in [2.24, 2.45) is 12.0 Å². The normalized spacial score (nSPS) is 13.1. The average molecular weight is 430 g/mol. The van der Waals surface area contributed by atoms with E-state index in [9.17, 15) is 0 Å². The van der Waals surface area contributed by atoms with Crippen molar-refractivity contribution < 1.29 is 9.47 Å². The van der Waals surface area contributed by atoms with Gasteiger partial charge < -0.3 is 20.1 Å². The quantitative estimate of drug-likeness (QED) is 0.471. The summed E-state index contributed by atoms with van der Waals surface area (Å²) in [6.07, 6.45) is 0.898. The van der Waals surface area contributed by atoms with Gasteiger partial charge in [0.05, 0.1) is 26.5 Å². The number of ether oxygens (including phenoxy) is 2. The summed E-state index contributed by atoms with van der Waals surface area (Å²) >= 11 is 0. The second-order valence-corrected chi connectivity index (χ2v) is 8.67. The highest BCUT2D eigenvalue weighted by molar-refractivity contribution is 5.80. The van der Waals surface area contributed by atoms with E-state index in [0.717, 1.165) is 41.7 Å². The van der Waals surface area contributed by atoms with Gasteiger partial charge in [0, 0.05) is 30.7 Å². The minimum absolute atomic E-state index is 0.165. The molecule has 1 aromatic carbocycles. The summed E-state index contributed by atoms with van der Waals surface area (Å²) in [5, 5.41) is 11.5. The van der Waals surface area contributed by atoms with Gasteiger partial charge in [0.15, 0.2) is 17.5 Å². The topological polar surface area (TPSA) is 72.7 Å². The monoisotopic (exact) mass is 429 g/mol. The molecule has 0 fully saturated rings. The molecule has 172 valence electrons. The van der Waals surface area contributed by atoms with E-state index in [4.69, 9.17) is 14.5 Å². The van der Waals surface area contributed by atoms with Crippen molar-refractivity contribution in [3.63, 3.8) is 0 Å². The molecule has 0 saturated heterocycles. The molecule has 0 saturated carbocycles. The van der Waals surface area contributed by atoms with E-state index in [0.29, 0.717) is 6.54 Å². The van der Waals surface area contributed by atoms with Gasteiger partial charge in [-0.05, 0) is 57.4 Å². The highest BCUT2D eigenvalue weighted by atomic mass is 16.5. The minimum Gasteiger partial charge on any atom is -0.493 e. The molecule has 0 spiro atoms. The second kappa shape index (κ2) is 10.6. The van der Waals surface area contributed by atoms with E-state index in [1.807, 2.05) is 23.9 Å². The Morgan fingerprint density at radius 3 is 2.42 bits per heavy atom. The molecular weight excluding hydrogens is 390 g/mol. The van der Waals surface area contributed by atoms with Crippen molar-refractivity contribution >= 4 is 5.96 Å².